The van der Waals surface area contributed by atoms with E-state index in [4.69, 9.17) is 0 Å². The first-order valence-electron chi connectivity index (χ1n) is 6.67. The number of benzene rings is 1. The Morgan fingerprint density at radius 3 is 2.83 bits per heavy atom. The van der Waals surface area contributed by atoms with E-state index in [0.29, 0.717) is 11.5 Å². The van der Waals surface area contributed by atoms with Gasteiger partial charge in [-0.2, -0.15) is 0 Å². The summed E-state index contributed by atoms with van der Waals surface area (Å²) in [7, 11) is -2.77. The lowest BCUT2D eigenvalue weighted by Gasteiger charge is -2.11. The van der Waals surface area contributed by atoms with Crippen LogP contribution in [0, 0.1) is 0 Å². The Balaban J connectivity index is 1.61. The van der Waals surface area contributed by atoms with E-state index in [1.54, 1.807) is 0 Å². The third kappa shape index (κ3) is 2.59. The minimum absolute atomic E-state index is 0.142. The van der Waals surface area contributed by atoms with E-state index in [1.807, 2.05) is 0 Å². The highest BCUT2D eigenvalue weighted by Gasteiger charge is 2.27. The highest BCUT2D eigenvalue weighted by Crippen LogP contribution is 2.23. The molecule has 0 radical (unpaired) electrons. The highest BCUT2D eigenvalue weighted by molar-refractivity contribution is 7.91. The third-order valence-electron chi connectivity index (χ3n) is 3.99. The van der Waals surface area contributed by atoms with Crippen molar-refractivity contribution in [1.82, 2.24) is 5.32 Å². The van der Waals surface area contributed by atoms with E-state index >= 15 is 0 Å². The maximum absolute atomic E-state index is 11.4. The Morgan fingerprint density at radius 2 is 2.06 bits per heavy atom. The van der Waals surface area contributed by atoms with Crippen LogP contribution in [0.15, 0.2) is 18.2 Å². The summed E-state index contributed by atoms with van der Waals surface area (Å²) < 4.78 is 22.7. The van der Waals surface area contributed by atoms with Crippen LogP contribution in [-0.2, 0) is 29.2 Å². The van der Waals surface area contributed by atoms with Crippen LogP contribution in [0.3, 0.4) is 0 Å². The second-order valence-corrected chi connectivity index (χ2v) is 7.67. The second-order valence-electron chi connectivity index (χ2n) is 5.44. The van der Waals surface area contributed by atoms with Crippen molar-refractivity contribution in [1.29, 1.82) is 0 Å². The molecule has 1 aromatic rings. The van der Waals surface area contributed by atoms with Gasteiger partial charge in [0.25, 0.3) is 0 Å². The number of hydrogen-bond donors (Lipinski definition) is 1. The van der Waals surface area contributed by atoms with Gasteiger partial charge in [0.2, 0.25) is 0 Å². The van der Waals surface area contributed by atoms with Gasteiger partial charge in [-0.05, 0) is 42.4 Å². The van der Waals surface area contributed by atoms with E-state index in [9.17, 15) is 8.42 Å². The molecule has 98 valence electrons. The van der Waals surface area contributed by atoms with E-state index in [0.717, 1.165) is 13.0 Å². The summed E-state index contributed by atoms with van der Waals surface area (Å²) in [6, 6.07) is 6.81. The van der Waals surface area contributed by atoms with E-state index in [1.165, 1.54) is 36.0 Å². The number of sulfone groups is 1. The molecule has 1 unspecified atom stereocenters. The normalized spacial score (nSPS) is 25.2. The summed E-state index contributed by atoms with van der Waals surface area (Å²) in [5, 5.41) is 3.37. The van der Waals surface area contributed by atoms with Crippen molar-refractivity contribution in [3.63, 3.8) is 0 Å². The minimum Gasteiger partial charge on any atom is -0.309 e. The summed E-state index contributed by atoms with van der Waals surface area (Å²) in [6.07, 6.45) is 4.44. The monoisotopic (exact) mass is 265 g/mol. The van der Waals surface area contributed by atoms with Gasteiger partial charge in [0.1, 0.15) is 0 Å². The molecule has 1 aromatic carbocycles. The fourth-order valence-corrected chi connectivity index (χ4v) is 4.66. The molecule has 1 aliphatic carbocycles. The van der Waals surface area contributed by atoms with E-state index < -0.39 is 9.84 Å². The molecule has 2 aliphatic rings. The molecule has 1 atom stereocenters. The molecule has 3 rings (SSSR count). The smallest absolute Gasteiger partial charge is 0.151 e. The first-order chi connectivity index (χ1) is 8.62. The molecule has 1 N–H and O–H groups in total. The molecule has 3 nitrogen and oxygen atoms in total. The van der Waals surface area contributed by atoms with Gasteiger partial charge in [0.05, 0.1) is 11.5 Å². The standard InChI is InChI=1S/C14H19NO2S/c16-18(17)7-6-14(10-18)15-9-11-4-5-12-2-1-3-13(12)8-11/h4-5,8,14-15H,1-3,6-7,9-10H2. The van der Waals surface area contributed by atoms with Crippen LogP contribution in [0.1, 0.15) is 29.5 Å². The van der Waals surface area contributed by atoms with Crippen molar-refractivity contribution in [2.75, 3.05) is 11.5 Å². The summed E-state index contributed by atoms with van der Waals surface area (Å²) >= 11 is 0. The first-order valence-corrected chi connectivity index (χ1v) is 8.49. The molecule has 1 fully saturated rings. The molecule has 0 aromatic heterocycles. The number of fused-ring (bicyclic) bond motifs is 1. The number of nitrogens with one attached hydrogen (secondary N) is 1. The summed E-state index contributed by atoms with van der Waals surface area (Å²) in [5.41, 5.74) is 4.25. The maximum Gasteiger partial charge on any atom is 0.151 e. The summed E-state index contributed by atoms with van der Waals surface area (Å²) in [5.74, 6) is 0.646. The largest absolute Gasteiger partial charge is 0.309 e. The molecule has 0 spiro atoms. The van der Waals surface area contributed by atoms with E-state index in [2.05, 4.69) is 23.5 Å². The van der Waals surface area contributed by atoms with Crippen LogP contribution in [-0.4, -0.2) is 26.0 Å². The van der Waals surface area contributed by atoms with Gasteiger partial charge < -0.3 is 5.32 Å². The molecular weight excluding hydrogens is 246 g/mol. The zero-order valence-electron chi connectivity index (χ0n) is 10.5. The Morgan fingerprint density at radius 1 is 1.22 bits per heavy atom. The quantitative estimate of drug-likeness (QED) is 0.900. The van der Waals surface area contributed by atoms with Crippen LogP contribution in [0.5, 0.6) is 0 Å². The minimum atomic E-state index is -2.77. The van der Waals surface area contributed by atoms with Gasteiger partial charge in [-0.25, -0.2) is 8.42 Å². The predicted octanol–water partition coefficient (Wildman–Crippen LogP) is 1.45. The van der Waals surface area contributed by atoms with E-state index in [-0.39, 0.29) is 6.04 Å². The SMILES string of the molecule is O=S1(=O)CCC(NCc2ccc3c(c2)CCC3)C1. The lowest BCUT2D eigenvalue weighted by atomic mass is 10.1. The lowest BCUT2D eigenvalue weighted by molar-refractivity contribution is 0.554. The van der Waals surface area contributed by atoms with Gasteiger partial charge in [0.15, 0.2) is 9.84 Å². The number of aryl methyl sites for hydroxylation is 2. The summed E-state index contributed by atoms with van der Waals surface area (Å²) in [6.45, 7) is 0.785. The summed E-state index contributed by atoms with van der Waals surface area (Å²) in [4.78, 5) is 0. The molecule has 1 heterocycles. The van der Waals surface area contributed by atoms with Crippen LogP contribution >= 0.6 is 0 Å². The third-order valence-corrected chi connectivity index (χ3v) is 5.76. The van der Waals surface area contributed by atoms with Crippen molar-refractivity contribution in [2.45, 2.75) is 38.3 Å². The zero-order valence-corrected chi connectivity index (χ0v) is 11.3. The molecule has 0 amide bonds. The molecule has 1 saturated heterocycles. The van der Waals surface area contributed by atoms with Crippen LogP contribution in [0.25, 0.3) is 0 Å². The van der Waals surface area contributed by atoms with Gasteiger partial charge >= 0.3 is 0 Å². The van der Waals surface area contributed by atoms with Crippen molar-refractivity contribution < 1.29 is 8.42 Å². The van der Waals surface area contributed by atoms with Gasteiger partial charge in [-0.15, -0.1) is 0 Å². The zero-order chi connectivity index (χ0) is 12.6. The number of hydrogen-bond acceptors (Lipinski definition) is 3. The van der Waals surface area contributed by atoms with Crippen LogP contribution < -0.4 is 5.32 Å². The van der Waals surface area contributed by atoms with Gasteiger partial charge in [0, 0.05) is 12.6 Å². The Kier molecular flexibility index (Phi) is 3.16. The van der Waals surface area contributed by atoms with Crippen molar-refractivity contribution in [3.05, 3.63) is 34.9 Å². The number of rotatable bonds is 3. The molecule has 0 bridgehead atoms. The predicted molar refractivity (Wildman–Crippen MR) is 72.4 cm³/mol. The lowest BCUT2D eigenvalue weighted by Crippen LogP contribution is -2.29. The Bertz CT molecular complexity index is 551. The molecule has 4 heteroatoms. The Labute approximate surface area is 109 Å². The highest BCUT2D eigenvalue weighted by atomic mass is 32.2. The topological polar surface area (TPSA) is 46.2 Å². The fourth-order valence-electron chi connectivity index (χ4n) is 2.95. The maximum atomic E-state index is 11.4. The molecule has 18 heavy (non-hydrogen) atoms. The Hall–Kier alpha value is -0.870. The van der Waals surface area contributed by atoms with Crippen LogP contribution in [0.4, 0.5) is 0 Å². The fraction of sp³-hybridized carbons (Fsp3) is 0.571. The first kappa shape index (κ1) is 12.2. The molecular formula is C14H19NO2S. The molecule has 1 aliphatic heterocycles. The van der Waals surface area contributed by atoms with Gasteiger partial charge in [-0.1, -0.05) is 18.2 Å². The molecule has 0 saturated carbocycles. The average Bonchev–Trinajstić information content (AvgIpc) is 2.92. The van der Waals surface area contributed by atoms with Crippen LogP contribution in [0.2, 0.25) is 0 Å². The second kappa shape index (κ2) is 4.67. The van der Waals surface area contributed by atoms with Gasteiger partial charge in [-0.3, -0.25) is 0 Å². The van der Waals surface area contributed by atoms with Crippen molar-refractivity contribution in [3.8, 4) is 0 Å². The average molecular weight is 265 g/mol. The van der Waals surface area contributed by atoms with Crippen molar-refractivity contribution >= 4 is 9.84 Å². The van der Waals surface area contributed by atoms with Crippen molar-refractivity contribution in [2.24, 2.45) is 0 Å².